The van der Waals surface area contributed by atoms with Gasteiger partial charge in [-0.2, -0.15) is 0 Å². The molecule has 1 aromatic carbocycles. The predicted molar refractivity (Wildman–Crippen MR) is 40.6 cm³/mol. The number of hydrogen-bond donors (Lipinski definition) is 0. The van der Waals surface area contributed by atoms with E-state index in [-0.39, 0.29) is 0 Å². The molecule has 1 unspecified atom stereocenters. The fraction of sp³-hybridized carbons (Fsp3) is 0.250. The summed E-state index contributed by atoms with van der Waals surface area (Å²) in [4.78, 5) is 0. The zero-order valence-electron chi connectivity index (χ0n) is 5.96. The van der Waals surface area contributed by atoms with Crippen LogP contribution in [0.5, 0.6) is 0 Å². The second kappa shape index (κ2) is 3.10. The van der Waals surface area contributed by atoms with E-state index in [0.29, 0.717) is 4.59 Å². The molecule has 0 amide bonds. The van der Waals surface area contributed by atoms with Crippen LogP contribution in [-0.2, 0) is 0 Å². The van der Waals surface area contributed by atoms with Gasteiger partial charge >= 0.3 is 65.1 Å². The van der Waals surface area contributed by atoms with E-state index in [0.717, 1.165) is 0 Å². The van der Waals surface area contributed by atoms with Gasteiger partial charge in [0.1, 0.15) is 0 Å². The molecule has 42 valence electrons. The molecular weight excluding hydrogens is 103 g/mol. The fourth-order valence-electron chi connectivity index (χ4n) is 0.838. The Bertz CT molecular complexity index is 167. The molecular formula is C8H9Li. The predicted octanol–water partition coefficient (Wildman–Crippen LogP) is 1.92. The van der Waals surface area contributed by atoms with Gasteiger partial charge < -0.3 is 0 Å². The summed E-state index contributed by atoms with van der Waals surface area (Å²) in [7, 11) is 0. The van der Waals surface area contributed by atoms with Crippen LogP contribution >= 0.6 is 0 Å². The molecule has 0 aliphatic rings. The molecule has 1 heteroatoms. The van der Waals surface area contributed by atoms with Crippen molar-refractivity contribution in [1.29, 1.82) is 0 Å². The Morgan fingerprint density at radius 2 is 1.78 bits per heavy atom. The minimum atomic E-state index is 0.659. The third-order valence-electron chi connectivity index (χ3n) is 1.47. The average molecular weight is 112 g/mol. The van der Waals surface area contributed by atoms with Crippen molar-refractivity contribution in [3.05, 3.63) is 35.9 Å². The summed E-state index contributed by atoms with van der Waals surface area (Å²) in [6.07, 6.45) is 0. The Hall–Kier alpha value is -0.183. The summed E-state index contributed by atoms with van der Waals surface area (Å²) in [5.41, 5.74) is 1.41. The van der Waals surface area contributed by atoms with E-state index >= 15 is 0 Å². The van der Waals surface area contributed by atoms with Crippen molar-refractivity contribution in [2.24, 2.45) is 0 Å². The van der Waals surface area contributed by atoms with E-state index in [2.05, 4.69) is 48.9 Å². The zero-order chi connectivity index (χ0) is 6.69. The first-order valence-electron chi connectivity index (χ1n) is 3.35. The van der Waals surface area contributed by atoms with Crippen molar-refractivity contribution in [2.45, 2.75) is 11.5 Å². The van der Waals surface area contributed by atoms with E-state index in [1.54, 1.807) is 0 Å². The molecule has 0 aliphatic carbocycles. The van der Waals surface area contributed by atoms with Crippen LogP contribution in [0.2, 0.25) is 0 Å². The molecule has 0 spiro atoms. The van der Waals surface area contributed by atoms with Gasteiger partial charge in [0.2, 0.25) is 0 Å². The van der Waals surface area contributed by atoms with Crippen LogP contribution in [0.15, 0.2) is 30.3 Å². The molecule has 0 heterocycles. The van der Waals surface area contributed by atoms with Crippen molar-refractivity contribution < 1.29 is 0 Å². The first-order valence-corrected chi connectivity index (χ1v) is 3.35. The summed E-state index contributed by atoms with van der Waals surface area (Å²) >= 11 is 2.20. The first kappa shape index (κ1) is 6.93. The molecule has 1 atom stereocenters. The fourth-order valence-corrected chi connectivity index (χ4v) is 0.838. The van der Waals surface area contributed by atoms with Crippen molar-refractivity contribution in [3.8, 4) is 0 Å². The van der Waals surface area contributed by atoms with Gasteiger partial charge in [0.05, 0.1) is 0 Å². The van der Waals surface area contributed by atoms with E-state index in [1.807, 2.05) is 6.07 Å². The summed E-state index contributed by atoms with van der Waals surface area (Å²) in [6, 6.07) is 10.5. The maximum atomic E-state index is 2.20. The van der Waals surface area contributed by atoms with E-state index in [1.165, 1.54) is 5.56 Å². The van der Waals surface area contributed by atoms with Crippen LogP contribution in [-0.4, -0.2) is 17.7 Å². The minimum absolute atomic E-state index is 0.659. The monoisotopic (exact) mass is 112 g/mol. The van der Waals surface area contributed by atoms with Crippen molar-refractivity contribution in [1.82, 2.24) is 0 Å². The van der Waals surface area contributed by atoms with Crippen molar-refractivity contribution >= 4 is 17.7 Å². The second-order valence-electron chi connectivity index (χ2n) is 2.57. The van der Waals surface area contributed by atoms with Crippen molar-refractivity contribution in [3.63, 3.8) is 0 Å². The van der Waals surface area contributed by atoms with Crippen LogP contribution in [0.25, 0.3) is 0 Å². The zero-order valence-corrected chi connectivity index (χ0v) is 5.96. The second-order valence-corrected chi connectivity index (χ2v) is 2.57. The third-order valence-corrected chi connectivity index (χ3v) is 1.47. The Balaban J connectivity index is 2.85. The van der Waals surface area contributed by atoms with Gasteiger partial charge in [0.25, 0.3) is 0 Å². The van der Waals surface area contributed by atoms with Gasteiger partial charge in [-0.15, -0.1) is 0 Å². The van der Waals surface area contributed by atoms with Crippen LogP contribution in [0.1, 0.15) is 17.1 Å². The molecule has 0 saturated heterocycles. The van der Waals surface area contributed by atoms with Crippen LogP contribution < -0.4 is 0 Å². The molecule has 1 rings (SSSR count). The Morgan fingerprint density at radius 1 is 1.22 bits per heavy atom. The SMILES string of the molecule is [Li][CH](C)c1ccccc1. The van der Waals surface area contributed by atoms with Crippen LogP contribution in [0.4, 0.5) is 0 Å². The van der Waals surface area contributed by atoms with Crippen LogP contribution in [0, 0.1) is 0 Å². The normalized spacial score (nSPS) is 13.2. The van der Waals surface area contributed by atoms with Gasteiger partial charge in [-0.1, -0.05) is 0 Å². The third kappa shape index (κ3) is 1.89. The van der Waals surface area contributed by atoms with Gasteiger partial charge in [-0.25, -0.2) is 0 Å². The summed E-state index contributed by atoms with van der Waals surface area (Å²) in [6.45, 7) is 2.20. The average Bonchev–Trinajstić information content (AvgIpc) is 1.90. The van der Waals surface area contributed by atoms with Crippen molar-refractivity contribution in [2.75, 3.05) is 0 Å². The summed E-state index contributed by atoms with van der Waals surface area (Å²) < 4.78 is 0.659. The quantitative estimate of drug-likeness (QED) is 0.487. The van der Waals surface area contributed by atoms with Gasteiger partial charge in [0, 0.05) is 0 Å². The number of benzene rings is 1. The Morgan fingerprint density at radius 3 is 2.11 bits per heavy atom. The van der Waals surface area contributed by atoms with Gasteiger partial charge in [-0.05, 0) is 0 Å². The number of rotatable bonds is 1. The topological polar surface area (TPSA) is 0 Å². The molecule has 1 aromatic rings. The van der Waals surface area contributed by atoms with E-state index in [9.17, 15) is 0 Å². The molecule has 0 fully saturated rings. The van der Waals surface area contributed by atoms with Crippen LogP contribution in [0.3, 0.4) is 0 Å². The standard InChI is InChI=1S/C8H9.Li/c1-2-8-6-4-3-5-7-8;/h2-7H,1H3;. The summed E-state index contributed by atoms with van der Waals surface area (Å²) in [5.74, 6) is 0. The number of hydrogen-bond acceptors (Lipinski definition) is 0. The summed E-state index contributed by atoms with van der Waals surface area (Å²) in [5, 5.41) is 0. The molecule has 9 heavy (non-hydrogen) atoms. The van der Waals surface area contributed by atoms with Gasteiger partial charge in [-0.3, -0.25) is 0 Å². The maximum absolute atomic E-state index is 2.20. The Kier molecular flexibility index (Phi) is 2.39. The molecule has 0 N–H and O–H groups in total. The van der Waals surface area contributed by atoms with E-state index in [4.69, 9.17) is 0 Å². The molecule has 0 aromatic heterocycles. The Labute approximate surface area is 65.5 Å². The molecule has 0 aliphatic heterocycles. The molecule has 0 nitrogen and oxygen atoms in total. The van der Waals surface area contributed by atoms with E-state index < -0.39 is 0 Å². The molecule has 0 saturated carbocycles. The first-order chi connectivity index (χ1) is 4.30. The molecule has 0 bridgehead atoms. The van der Waals surface area contributed by atoms with Gasteiger partial charge in [0.15, 0.2) is 0 Å². The molecule has 0 radical (unpaired) electrons.